The summed E-state index contributed by atoms with van der Waals surface area (Å²) in [5.41, 5.74) is 6.00. The van der Waals surface area contributed by atoms with E-state index in [4.69, 9.17) is 10.5 Å². The maximum absolute atomic E-state index is 6.06. The Morgan fingerprint density at radius 1 is 1.35 bits per heavy atom. The number of rotatable bonds is 3. The molecule has 0 atom stereocenters. The number of nitrogens with two attached hydrogens (primary N) is 1. The monoisotopic (exact) mass is 254 g/mol. The van der Waals surface area contributed by atoms with Gasteiger partial charge in [-0.3, -0.25) is 0 Å². The lowest BCUT2D eigenvalue weighted by Gasteiger charge is -2.42. The van der Waals surface area contributed by atoms with Crippen molar-refractivity contribution in [2.75, 3.05) is 12.3 Å². The molecule has 0 aliphatic heterocycles. The van der Waals surface area contributed by atoms with Gasteiger partial charge in [0.15, 0.2) is 0 Å². The lowest BCUT2D eigenvalue weighted by Crippen LogP contribution is -2.37. The van der Waals surface area contributed by atoms with Crippen LogP contribution in [-0.4, -0.2) is 11.6 Å². The van der Waals surface area contributed by atoms with Gasteiger partial charge in [0.05, 0.1) is 0 Å². The molecule has 3 nitrogen and oxygen atoms in total. The van der Waals surface area contributed by atoms with Crippen LogP contribution in [0.3, 0.4) is 0 Å². The molecule has 2 N–H and O–H groups in total. The van der Waals surface area contributed by atoms with E-state index in [1.165, 1.54) is 12.8 Å². The van der Waals surface area contributed by atoms with E-state index in [0.717, 1.165) is 24.5 Å². The largest absolute Gasteiger partial charge is 0.383 e. The molecule has 0 unspecified atom stereocenters. The highest BCUT2D eigenvalue weighted by molar-refractivity contribution is 7.10. The highest BCUT2D eigenvalue weighted by Gasteiger charge is 2.42. The minimum atomic E-state index is -0.174. The molecule has 0 bridgehead atoms. The minimum absolute atomic E-state index is 0.174. The van der Waals surface area contributed by atoms with Crippen molar-refractivity contribution in [3.8, 4) is 0 Å². The first-order chi connectivity index (χ1) is 7.97. The second-order valence-electron chi connectivity index (χ2n) is 5.67. The van der Waals surface area contributed by atoms with E-state index in [2.05, 4.69) is 25.8 Å². The summed E-state index contributed by atoms with van der Waals surface area (Å²) in [5, 5.41) is 2.97. The van der Waals surface area contributed by atoms with E-state index in [1.54, 1.807) is 11.3 Å². The fraction of sp³-hybridized carbons (Fsp3) is 0.769. The molecule has 0 radical (unpaired) electrons. The predicted molar refractivity (Wildman–Crippen MR) is 72.1 cm³/mol. The highest BCUT2D eigenvalue weighted by atomic mass is 32.1. The molecule has 1 saturated carbocycles. The molecule has 1 aliphatic carbocycles. The summed E-state index contributed by atoms with van der Waals surface area (Å²) in [5.74, 6) is 0.619. The number of thiazole rings is 1. The van der Waals surface area contributed by atoms with Crippen LogP contribution in [0.2, 0.25) is 0 Å². The van der Waals surface area contributed by atoms with Gasteiger partial charge < -0.3 is 10.5 Å². The van der Waals surface area contributed by atoms with Gasteiger partial charge in [-0.1, -0.05) is 13.8 Å². The topological polar surface area (TPSA) is 48.1 Å². The van der Waals surface area contributed by atoms with Crippen molar-refractivity contribution >= 4 is 17.2 Å². The predicted octanol–water partition coefficient (Wildman–Crippen LogP) is 3.56. The summed E-state index contributed by atoms with van der Waals surface area (Å²) in [6.07, 6.45) is 4.49. The van der Waals surface area contributed by atoms with E-state index in [-0.39, 0.29) is 5.60 Å². The fourth-order valence-corrected chi connectivity index (χ4v) is 3.44. The third kappa shape index (κ3) is 2.63. The normalized spacial score (nSPS) is 22.5. The highest BCUT2D eigenvalue weighted by Crippen LogP contribution is 2.48. The van der Waals surface area contributed by atoms with Crippen LogP contribution in [0.25, 0.3) is 0 Å². The molecule has 0 aromatic carbocycles. The van der Waals surface area contributed by atoms with Crippen LogP contribution in [0.5, 0.6) is 0 Å². The third-order valence-electron chi connectivity index (χ3n) is 3.74. The van der Waals surface area contributed by atoms with Gasteiger partial charge in [0, 0.05) is 12.0 Å². The number of nitrogens with zero attached hydrogens (tertiary/aromatic N) is 1. The first-order valence-electron chi connectivity index (χ1n) is 6.33. The Morgan fingerprint density at radius 2 is 2.00 bits per heavy atom. The second-order valence-corrected chi connectivity index (χ2v) is 6.53. The van der Waals surface area contributed by atoms with E-state index < -0.39 is 0 Å². The van der Waals surface area contributed by atoms with E-state index in [9.17, 15) is 0 Å². The Balaban J connectivity index is 2.22. The molecule has 0 saturated heterocycles. The average molecular weight is 254 g/mol. The molecular formula is C13H22N2OS. The van der Waals surface area contributed by atoms with Gasteiger partial charge in [-0.25, -0.2) is 4.98 Å². The molecule has 1 aliphatic rings. The zero-order valence-corrected chi connectivity index (χ0v) is 11.8. The molecule has 0 spiro atoms. The van der Waals surface area contributed by atoms with Crippen LogP contribution in [0.15, 0.2) is 5.38 Å². The Kier molecular flexibility index (Phi) is 3.46. The van der Waals surface area contributed by atoms with Gasteiger partial charge in [-0.2, -0.15) is 0 Å². The van der Waals surface area contributed by atoms with E-state index >= 15 is 0 Å². The Bertz CT molecular complexity index is 377. The standard InChI is InChI=1S/C13H22N2OS/c1-4-16-13(11-15-10(14)9-17-11)7-5-12(2,3)6-8-13/h9H,4-8,14H2,1-3H3. The van der Waals surface area contributed by atoms with Crippen LogP contribution in [-0.2, 0) is 10.3 Å². The first kappa shape index (κ1) is 12.8. The molecule has 1 aromatic rings. The van der Waals surface area contributed by atoms with Crippen molar-refractivity contribution in [1.29, 1.82) is 0 Å². The van der Waals surface area contributed by atoms with Crippen molar-refractivity contribution in [2.45, 2.75) is 52.1 Å². The number of ether oxygens (including phenoxy) is 1. The maximum Gasteiger partial charge on any atom is 0.134 e. The average Bonchev–Trinajstić information content (AvgIpc) is 2.69. The molecule has 1 heterocycles. The van der Waals surface area contributed by atoms with Crippen LogP contribution in [0, 0.1) is 5.41 Å². The van der Waals surface area contributed by atoms with Crippen LogP contribution in [0.1, 0.15) is 51.5 Å². The van der Waals surface area contributed by atoms with Gasteiger partial charge in [-0.15, -0.1) is 11.3 Å². The lowest BCUT2D eigenvalue weighted by molar-refractivity contribution is -0.0889. The van der Waals surface area contributed by atoms with Gasteiger partial charge >= 0.3 is 0 Å². The quantitative estimate of drug-likeness (QED) is 0.897. The fourth-order valence-electron chi connectivity index (χ4n) is 2.52. The Labute approximate surface area is 107 Å². The molecular weight excluding hydrogens is 232 g/mol. The van der Waals surface area contributed by atoms with Gasteiger partial charge in [0.1, 0.15) is 16.4 Å². The molecule has 0 amide bonds. The summed E-state index contributed by atoms with van der Waals surface area (Å²) in [4.78, 5) is 4.44. The molecule has 1 fully saturated rings. The van der Waals surface area contributed by atoms with Crippen molar-refractivity contribution in [2.24, 2.45) is 5.41 Å². The number of anilines is 1. The number of aromatic nitrogens is 1. The number of hydrogen-bond acceptors (Lipinski definition) is 4. The summed E-state index contributed by atoms with van der Waals surface area (Å²) in [7, 11) is 0. The molecule has 4 heteroatoms. The lowest BCUT2D eigenvalue weighted by atomic mass is 9.71. The molecule has 2 rings (SSSR count). The minimum Gasteiger partial charge on any atom is -0.383 e. The smallest absolute Gasteiger partial charge is 0.134 e. The Hall–Kier alpha value is -0.610. The van der Waals surface area contributed by atoms with Crippen molar-refractivity contribution in [1.82, 2.24) is 4.98 Å². The van der Waals surface area contributed by atoms with Gasteiger partial charge in [0.2, 0.25) is 0 Å². The summed E-state index contributed by atoms with van der Waals surface area (Å²) in [6, 6.07) is 0. The molecule has 96 valence electrons. The van der Waals surface area contributed by atoms with E-state index in [0.29, 0.717) is 11.2 Å². The zero-order chi connectivity index (χ0) is 12.5. The van der Waals surface area contributed by atoms with Gasteiger partial charge in [-0.05, 0) is 38.0 Å². The van der Waals surface area contributed by atoms with Gasteiger partial charge in [0.25, 0.3) is 0 Å². The first-order valence-corrected chi connectivity index (χ1v) is 7.21. The molecule has 17 heavy (non-hydrogen) atoms. The molecule has 1 aromatic heterocycles. The second kappa shape index (κ2) is 4.58. The Morgan fingerprint density at radius 3 is 2.47 bits per heavy atom. The van der Waals surface area contributed by atoms with Crippen molar-refractivity contribution < 1.29 is 4.74 Å². The van der Waals surface area contributed by atoms with Crippen molar-refractivity contribution in [3.05, 3.63) is 10.4 Å². The summed E-state index contributed by atoms with van der Waals surface area (Å²) in [6.45, 7) is 7.45. The van der Waals surface area contributed by atoms with Crippen LogP contribution in [0.4, 0.5) is 5.82 Å². The van der Waals surface area contributed by atoms with Crippen molar-refractivity contribution in [3.63, 3.8) is 0 Å². The number of hydrogen-bond donors (Lipinski definition) is 1. The number of nitrogen functional groups attached to an aromatic ring is 1. The maximum atomic E-state index is 6.06. The van der Waals surface area contributed by atoms with Crippen LogP contribution < -0.4 is 5.73 Å². The summed E-state index contributed by atoms with van der Waals surface area (Å²) < 4.78 is 6.06. The third-order valence-corrected chi connectivity index (χ3v) is 4.79. The zero-order valence-electron chi connectivity index (χ0n) is 11.0. The van der Waals surface area contributed by atoms with E-state index in [1.807, 2.05) is 5.38 Å². The summed E-state index contributed by atoms with van der Waals surface area (Å²) >= 11 is 1.63. The van der Waals surface area contributed by atoms with Crippen LogP contribution >= 0.6 is 11.3 Å². The SMILES string of the molecule is CCOC1(c2nc(N)cs2)CCC(C)(C)CC1.